The molecule has 16 unspecified atom stereocenters. The Balaban J connectivity index is 1.26. The smallest absolute Gasteiger partial charge is 0.186 e. The highest BCUT2D eigenvalue weighted by Gasteiger charge is 2.64. The summed E-state index contributed by atoms with van der Waals surface area (Å²) in [6, 6.07) is 0. The monoisotopic (exact) mass is 568 g/mol. The topological polar surface area (TPSA) is 140 Å². The first kappa shape index (κ1) is 31.1. The Bertz CT molecular complexity index is 870. The summed E-state index contributed by atoms with van der Waals surface area (Å²) < 4.78 is 11.8. The third-order valence-electron chi connectivity index (χ3n) is 12.8. The third kappa shape index (κ3) is 5.21. The van der Waals surface area contributed by atoms with E-state index in [0.717, 1.165) is 51.4 Å². The Morgan fingerprint density at radius 1 is 0.825 bits per heavy atom. The van der Waals surface area contributed by atoms with Gasteiger partial charge in [-0.2, -0.15) is 0 Å². The first-order valence-electron chi connectivity index (χ1n) is 16.1. The van der Waals surface area contributed by atoms with Crippen molar-refractivity contribution in [2.45, 2.75) is 141 Å². The maximum atomic E-state index is 11.6. The van der Waals surface area contributed by atoms with Crippen molar-refractivity contribution in [3.05, 3.63) is 0 Å². The predicted molar refractivity (Wildman–Crippen MR) is 150 cm³/mol. The van der Waals surface area contributed by atoms with Gasteiger partial charge in [-0.05, 0) is 110 Å². The Hall–Kier alpha value is -0.320. The van der Waals surface area contributed by atoms with E-state index in [1.54, 1.807) is 0 Å². The summed E-state index contributed by atoms with van der Waals surface area (Å²) in [5, 5.41) is 63.2. The van der Waals surface area contributed by atoms with Crippen LogP contribution in [-0.2, 0) is 9.47 Å². The van der Waals surface area contributed by atoms with Crippen molar-refractivity contribution >= 4 is 0 Å². The lowest BCUT2D eigenvalue weighted by atomic mass is 9.43. The van der Waals surface area contributed by atoms with Crippen LogP contribution in [0.3, 0.4) is 0 Å². The molecule has 16 atom stereocenters. The van der Waals surface area contributed by atoms with Crippen LogP contribution in [-0.4, -0.2) is 86.3 Å². The molecular weight excluding hydrogens is 512 g/mol. The van der Waals surface area contributed by atoms with E-state index >= 15 is 0 Å². The molecule has 4 aliphatic carbocycles. The van der Waals surface area contributed by atoms with Crippen molar-refractivity contribution in [3.8, 4) is 0 Å². The minimum Gasteiger partial charge on any atom is -0.394 e. The molecule has 0 aromatic carbocycles. The van der Waals surface area contributed by atoms with E-state index in [1.165, 1.54) is 0 Å². The van der Waals surface area contributed by atoms with Gasteiger partial charge in [-0.15, -0.1) is 0 Å². The molecule has 40 heavy (non-hydrogen) atoms. The average molecular weight is 569 g/mol. The summed E-state index contributed by atoms with van der Waals surface area (Å²) in [5.74, 6) is 2.09. The molecule has 0 bridgehead atoms. The maximum Gasteiger partial charge on any atom is 0.186 e. The first-order chi connectivity index (χ1) is 18.8. The number of fused-ring (bicyclic) bond motifs is 5. The van der Waals surface area contributed by atoms with Crippen molar-refractivity contribution in [3.63, 3.8) is 0 Å². The highest BCUT2D eigenvalue weighted by molar-refractivity contribution is 5.13. The van der Waals surface area contributed by atoms with Crippen LogP contribution in [0.25, 0.3) is 0 Å². The number of hydrogen-bond acceptors (Lipinski definition) is 8. The van der Waals surface area contributed by atoms with Crippen molar-refractivity contribution in [2.24, 2.45) is 52.3 Å². The van der Waals surface area contributed by atoms with Gasteiger partial charge in [0.05, 0.1) is 31.0 Å². The van der Waals surface area contributed by atoms with Crippen LogP contribution in [0.1, 0.15) is 92.4 Å². The van der Waals surface area contributed by atoms with Crippen molar-refractivity contribution in [2.75, 3.05) is 6.61 Å². The zero-order valence-corrected chi connectivity index (χ0v) is 25.2. The second-order valence-electron chi connectivity index (χ2n) is 15.3. The molecule has 4 saturated carbocycles. The number of aliphatic hydroxyl groups is 6. The summed E-state index contributed by atoms with van der Waals surface area (Å²) in [7, 11) is 0. The lowest BCUT2D eigenvalue weighted by molar-refractivity contribution is -0.203. The largest absolute Gasteiger partial charge is 0.394 e. The molecule has 8 nitrogen and oxygen atoms in total. The maximum absolute atomic E-state index is 11.6. The average Bonchev–Trinajstić information content (AvgIpc) is 3.34. The van der Waals surface area contributed by atoms with Crippen LogP contribution in [0.4, 0.5) is 0 Å². The van der Waals surface area contributed by atoms with Gasteiger partial charge in [0.1, 0.15) is 18.3 Å². The summed E-state index contributed by atoms with van der Waals surface area (Å²) in [6.45, 7) is 10.9. The zero-order valence-electron chi connectivity index (χ0n) is 25.2. The fourth-order valence-corrected chi connectivity index (χ4v) is 10.6. The van der Waals surface area contributed by atoms with Gasteiger partial charge in [-0.3, -0.25) is 0 Å². The molecule has 5 aliphatic rings. The summed E-state index contributed by atoms with van der Waals surface area (Å²) in [4.78, 5) is 0. The molecular formula is C32H56O8. The summed E-state index contributed by atoms with van der Waals surface area (Å²) in [6.07, 6.45) is 2.57. The molecule has 0 spiro atoms. The van der Waals surface area contributed by atoms with Crippen molar-refractivity contribution in [1.29, 1.82) is 0 Å². The number of ether oxygens (including phenoxy) is 2. The second-order valence-corrected chi connectivity index (χ2v) is 15.3. The minimum absolute atomic E-state index is 0.0223. The van der Waals surface area contributed by atoms with Crippen molar-refractivity contribution in [1.82, 2.24) is 0 Å². The fraction of sp³-hybridized carbons (Fsp3) is 1.00. The Morgan fingerprint density at radius 2 is 1.52 bits per heavy atom. The van der Waals surface area contributed by atoms with Gasteiger partial charge in [-0.1, -0.05) is 34.6 Å². The Labute approximate surface area is 240 Å². The molecule has 5 fully saturated rings. The number of aliphatic hydroxyl groups excluding tert-OH is 6. The van der Waals surface area contributed by atoms with Gasteiger partial charge in [0.25, 0.3) is 0 Å². The van der Waals surface area contributed by atoms with Gasteiger partial charge >= 0.3 is 0 Å². The third-order valence-corrected chi connectivity index (χ3v) is 12.8. The molecule has 5 rings (SSSR count). The molecule has 0 aromatic heterocycles. The van der Waals surface area contributed by atoms with Crippen LogP contribution in [0, 0.1) is 52.3 Å². The molecule has 1 saturated heterocycles. The Kier molecular flexibility index (Phi) is 9.06. The SMILES string of the molecule is CC(C)C(CCC(C)C1CC(O)C2C3CC(O)C4CC(O)CCC4(C)C3CCC12C)OC1OC(CO)C(O)C1O. The molecule has 0 aromatic rings. The van der Waals surface area contributed by atoms with Gasteiger partial charge < -0.3 is 40.1 Å². The highest BCUT2D eigenvalue weighted by Crippen LogP contribution is 2.68. The molecule has 6 N–H and O–H groups in total. The number of hydrogen-bond donors (Lipinski definition) is 6. The predicted octanol–water partition coefficient (Wildman–Crippen LogP) is 2.84. The quantitative estimate of drug-likeness (QED) is 0.263. The van der Waals surface area contributed by atoms with Gasteiger partial charge in [0.2, 0.25) is 0 Å². The van der Waals surface area contributed by atoms with E-state index in [9.17, 15) is 30.6 Å². The van der Waals surface area contributed by atoms with E-state index in [4.69, 9.17) is 9.47 Å². The van der Waals surface area contributed by atoms with Crippen molar-refractivity contribution < 1.29 is 40.1 Å². The zero-order chi connectivity index (χ0) is 29.1. The van der Waals surface area contributed by atoms with Crippen LogP contribution in [0.15, 0.2) is 0 Å². The van der Waals surface area contributed by atoms with E-state index in [-0.39, 0.29) is 53.5 Å². The standard InChI is InChI=1S/C32H56O8/c1-16(2)25(39-30-29(38)28(37)26(15-33)40-30)7-6-17(3)21-14-24(36)27-19-13-23(35)22-12-18(34)8-10-31(22,4)20(19)9-11-32(21,27)5/h16-30,33-38H,6-15H2,1-5H3. The normalized spacial score (nSPS) is 52.2. The lowest BCUT2D eigenvalue weighted by Gasteiger charge is -2.62. The molecule has 1 aliphatic heterocycles. The van der Waals surface area contributed by atoms with Gasteiger partial charge in [-0.25, -0.2) is 0 Å². The highest BCUT2D eigenvalue weighted by atomic mass is 16.7. The molecule has 1 heterocycles. The molecule has 8 heteroatoms. The lowest BCUT2D eigenvalue weighted by Crippen LogP contribution is -2.59. The van der Waals surface area contributed by atoms with E-state index in [1.807, 2.05) is 0 Å². The fourth-order valence-electron chi connectivity index (χ4n) is 10.6. The van der Waals surface area contributed by atoms with Crippen LogP contribution in [0.5, 0.6) is 0 Å². The van der Waals surface area contributed by atoms with E-state index in [0.29, 0.717) is 30.1 Å². The van der Waals surface area contributed by atoms with Gasteiger partial charge in [0, 0.05) is 0 Å². The number of rotatable bonds is 8. The Morgan fingerprint density at radius 3 is 2.17 bits per heavy atom. The molecule has 0 amide bonds. The molecule has 0 radical (unpaired) electrons. The van der Waals surface area contributed by atoms with Gasteiger partial charge in [0.15, 0.2) is 6.29 Å². The second kappa shape index (κ2) is 11.6. The van der Waals surface area contributed by atoms with E-state index < -0.39 is 30.7 Å². The van der Waals surface area contributed by atoms with Crippen LogP contribution in [0.2, 0.25) is 0 Å². The first-order valence-corrected chi connectivity index (χ1v) is 16.1. The minimum atomic E-state index is -1.18. The van der Waals surface area contributed by atoms with Crippen LogP contribution < -0.4 is 0 Å². The van der Waals surface area contributed by atoms with E-state index in [2.05, 4.69) is 34.6 Å². The summed E-state index contributed by atoms with van der Waals surface area (Å²) >= 11 is 0. The molecule has 232 valence electrons. The van der Waals surface area contributed by atoms with Crippen LogP contribution >= 0.6 is 0 Å². The summed E-state index contributed by atoms with van der Waals surface area (Å²) in [5.41, 5.74) is 0.0537.